The van der Waals surface area contributed by atoms with Gasteiger partial charge in [-0.1, -0.05) is 6.07 Å². The molecule has 0 bridgehead atoms. The van der Waals surface area contributed by atoms with Gasteiger partial charge in [0.25, 0.3) is 0 Å². The molecule has 1 saturated heterocycles. The van der Waals surface area contributed by atoms with E-state index in [0.717, 1.165) is 30.9 Å². The first kappa shape index (κ1) is 20.9. The van der Waals surface area contributed by atoms with Gasteiger partial charge >= 0.3 is 6.09 Å². The summed E-state index contributed by atoms with van der Waals surface area (Å²) in [6, 6.07) is 5.54. The molecule has 0 unspecified atom stereocenters. The number of hydrogen-bond donors (Lipinski definition) is 1. The molecule has 1 N–H and O–H groups in total. The minimum absolute atomic E-state index is 0. The lowest BCUT2D eigenvalue weighted by Gasteiger charge is -2.33. The van der Waals surface area contributed by atoms with Crippen LogP contribution in [0, 0.1) is 0 Å². The molecule has 27 heavy (non-hydrogen) atoms. The number of ether oxygens (including phenoxy) is 3. The number of carbonyl (C=O) groups is 2. The van der Waals surface area contributed by atoms with E-state index < -0.39 is 0 Å². The lowest BCUT2D eigenvalue weighted by atomic mass is 10.2. The maximum atomic E-state index is 11.9. The van der Waals surface area contributed by atoms with Gasteiger partial charge in [0.1, 0.15) is 0 Å². The molecule has 148 valence electrons. The minimum Gasteiger partial charge on any atom is -0.454 e. The Morgan fingerprint density at radius 1 is 1.19 bits per heavy atom. The Morgan fingerprint density at radius 3 is 2.67 bits per heavy atom. The zero-order valence-electron chi connectivity index (χ0n) is 15.2. The molecule has 0 radical (unpaired) electrons. The summed E-state index contributed by atoms with van der Waals surface area (Å²) < 4.78 is 15.3. The molecule has 0 aliphatic carbocycles. The zero-order valence-corrected chi connectivity index (χ0v) is 16.0. The normalized spacial score (nSPS) is 16.1. The molecule has 1 fully saturated rings. The number of methoxy groups -OCH3 is 1. The van der Waals surface area contributed by atoms with E-state index in [1.165, 1.54) is 13.2 Å². The van der Waals surface area contributed by atoms with Crippen LogP contribution in [0.25, 0.3) is 6.08 Å². The van der Waals surface area contributed by atoms with E-state index in [4.69, 9.17) is 14.2 Å². The van der Waals surface area contributed by atoms with Gasteiger partial charge in [0.15, 0.2) is 11.5 Å². The molecule has 3 rings (SSSR count). The molecule has 0 aromatic heterocycles. The minimum atomic E-state index is -0.286. The quantitative estimate of drug-likeness (QED) is 0.755. The molecular weight excluding hydrogens is 374 g/mol. The number of carbonyl (C=O) groups excluding carboxylic acids is 2. The zero-order chi connectivity index (χ0) is 18.4. The van der Waals surface area contributed by atoms with E-state index in [1.54, 1.807) is 11.0 Å². The molecule has 0 saturated carbocycles. The predicted molar refractivity (Wildman–Crippen MR) is 102 cm³/mol. The molecule has 1 aromatic carbocycles. The molecule has 2 amide bonds. The summed E-state index contributed by atoms with van der Waals surface area (Å²) in [5, 5.41) is 2.87. The third-order valence-electron chi connectivity index (χ3n) is 4.36. The number of piperazine rings is 1. The SMILES string of the molecule is COC(=O)N1CCN(CCNC(=O)C=Cc2ccc3c(c2)OCO3)CC1.Cl. The molecule has 0 atom stereocenters. The van der Waals surface area contributed by atoms with Gasteiger partial charge in [-0.2, -0.15) is 0 Å². The fourth-order valence-corrected chi connectivity index (χ4v) is 2.87. The number of halogens is 1. The summed E-state index contributed by atoms with van der Waals surface area (Å²) in [7, 11) is 1.39. The van der Waals surface area contributed by atoms with Crippen molar-refractivity contribution in [2.24, 2.45) is 0 Å². The van der Waals surface area contributed by atoms with Crippen molar-refractivity contribution in [2.75, 3.05) is 53.2 Å². The first-order valence-corrected chi connectivity index (χ1v) is 8.56. The van der Waals surface area contributed by atoms with Gasteiger partial charge < -0.3 is 24.4 Å². The smallest absolute Gasteiger partial charge is 0.409 e. The van der Waals surface area contributed by atoms with Gasteiger partial charge in [-0.05, 0) is 23.8 Å². The first-order valence-electron chi connectivity index (χ1n) is 8.56. The van der Waals surface area contributed by atoms with Gasteiger partial charge in [-0.25, -0.2) is 4.79 Å². The predicted octanol–water partition coefficient (Wildman–Crippen LogP) is 1.35. The molecule has 2 heterocycles. The van der Waals surface area contributed by atoms with Crippen LogP contribution in [0.1, 0.15) is 5.56 Å². The van der Waals surface area contributed by atoms with Crippen LogP contribution in [-0.2, 0) is 9.53 Å². The number of hydrogen-bond acceptors (Lipinski definition) is 6. The van der Waals surface area contributed by atoms with Crippen molar-refractivity contribution in [3.63, 3.8) is 0 Å². The van der Waals surface area contributed by atoms with Crippen molar-refractivity contribution in [1.82, 2.24) is 15.1 Å². The Morgan fingerprint density at radius 2 is 1.93 bits per heavy atom. The number of rotatable bonds is 5. The molecule has 2 aliphatic heterocycles. The number of nitrogens with zero attached hydrogens (tertiary/aromatic N) is 2. The summed E-state index contributed by atoms with van der Waals surface area (Å²) in [5.74, 6) is 1.27. The third-order valence-corrected chi connectivity index (χ3v) is 4.36. The second-order valence-electron chi connectivity index (χ2n) is 6.04. The van der Waals surface area contributed by atoms with Crippen molar-refractivity contribution in [3.05, 3.63) is 29.8 Å². The Balaban J connectivity index is 0.00000261. The van der Waals surface area contributed by atoms with Crippen molar-refractivity contribution in [1.29, 1.82) is 0 Å². The highest BCUT2D eigenvalue weighted by Crippen LogP contribution is 2.32. The van der Waals surface area contributed by atoms with Crippen LogP contribution in [0.5, 0.6) is 11.5 Å². The molecular formula is C18H24ClN3O5. The highest BCUT2D eigenvalue weighted by Gasteiger charge is 2.20. The van der Waals surface area contributed by atoms with Crippen LogP contribution >= 0.6 is 12.4 Å². The van der Waals surface area contributed by atoms with Crippen molar-refractivity contribution >= 4 is 30.5 Å². The second kappa shape index (κ2) is 10.0. The van der Waals surface area contributed by atoms with Gasteiger partial charge in [-0.15, -0.1) is 12.4 Å². The van der Waals surface area contributed by atoms with E-state index in [9.17, 15) is 9.59 Å². The average Bonchev–Trinajstić information content (AvgIpc) is 3.14. The summed E-state index contributed by atoms with van der Waals surface area (Å²) in [6.07, 6.45) is 2.96. The summed E-state index contributed by atoms with van der Waals surface area (Å²) >= 11 is 0. The molecule has 9 heteroatoms. The largest absolute Gasteiger partial charge is 0.454 e. The van der Waals surface area contributed by atoms with E-state index in [2.05, 4.69) is 10.2 Å². The Labute approximate surface area is 164 Å². The summed E-state index contributed by atoms with van der Waals surface area (Å²) in [5.41, 5.74) is 0.878. The van der Waals surface area contributed by atoms with Gasteiger partial charge in [0, 0.05) is 45.3 Å². The average molecular weight is 398 g/mol. The van der Waals surface area contributed by atoms with Crippen LogP contribution in [-0.4, -0.2) is 75.0 Å². The molecule has 0 spiro atoms. The van der Waals surface area contributed by atoms with Gasteiger partial charge in [0.05, 0.1) is 7.11 Å². The van der Waals surface area contributed by atoms with Crippen LogP contribution in [0.3, 0.4) is 0 Å². The monoisotopic (exact) mass is 397 g/mol. The number of fused-ring (bicyclic) bond motifs is 1. The fourth-order valence-electron chi connectivity index (χ4n) is 2.87. The third kappa shape index (κ3) is 5.77. The van der Waals surface area contributed by atoms with Crippen molar-refractivity contribution in [3.8, 4) is 11.5 Å². The van der Waals surface area contributed by atoms with Gasteiger partial charge in [0.2, 0.25) is 12.7 Å². The Hall–Kier alpha value is -2.45. The standard InChI is InChI=1S/C18H23N3O5.ClH/c1-24-18(23)21-10-8-20(9-11-21)7-6-19-17(22)5-3-14-2-4-15-16(12-14)26-13-25-15;/h2-5,12H,6-11,13H2,1H3,(H,19,22);1H. The lowest BCUT2D eigenvalue weighted by Crippen LogP contribution is -2.50. The molecule has 8 nitrogen and oxygen atoms in total. The highest BCUT2D eigenvalue weighted by atomic mass is 35.5. The number of amides is 2. The second-order valence-corrected chi connectivity index (χ2v) is 6.04. The van der Waals surface area contributed by atoms with E-state index in [1.807, 2.05) is 18.2 Å². The van der Waals surface area contributed by atoms with Crippen LogP contribution < -0.4 is 14.8 Å². The Bertz CT molecular complexity index is 690. The van der Waals surface area contributed by atoms with E-state index in [0.29, 0.717) is 25.4 Å². The van der Waals surface area contributed by atoms with Crippen LogP contribution in [0.4, 0.5) is 4.79 Å². The van der Waals surface area contributed by atoms with Crippen molar-refractivity contribution in [2.45, 2.75) is 0 Å². The van der Waals surface area contributed by atoms with Gasteiger partial charge in [-0.3, -0.25) is 9.69 Å². The van der Waals surface area contributed by atoms with E-state index in [-0.39, 0.29) is 31.2 Å². The Kier molecular flexibility index (Phi) is 7.75. The lowest BCUT2D eigenvalue weighted by molar-refractivity contribution is -0.116. The topological polar surface area (TPSA) is 80.3 Å². The highest BCUT2D eigenvalue weighted by molar-refractivity contribution is 5.91. The molecule has 2 aliphatic rings. The number of benzene rings is 1. The number of nitrogens with one attached hydrogen (secondary N) is 1. The molecule has 1 aromatic rings. The van der Waals surface area contributed by atoms with Crippen molar-refractivity contribution < 1.29 is 23.8 Å². The van der Waals surface area contributed by atoms with Crippen LogP contribution in [0.15, 0.2) is 24.3 Å². The summed E-state index contributed by atoms with van der Waals surface area (Å²) in [4.78, 5) is 27.3. The maximum absolute atomic E-state index is 11.9. The fraction of sp³-hybridized carbons (Fsp3) is 0.444. The first-order chi connectivity index (χ1) is 12.7. The van der Waals surface area contributed by atoms with E-state index >= 15 is 0 Å². The maximum Gasteiger partial charge on any atom is 0.409 e. The summed E-state index contributed by atoms with van der Waals surface area (Å²) in [6.45, 7) is 4.38. The van der Waals surface area contributed by atoms with Crippen LogP contribution in [0.2, 0.25) is 0 Å².